The molecule has 0 bridgehead atoms. The monoisotopic (exact) mass is 449 g/mol. The van der Waals surface area contributed by atoms with E-state index in [0.717, 1.165) is 27.7 Å². The number of hydrogen-bond acceptors (Lipinski definition) is 5. The summed E-state index contributed by atoms with van der Waals surface area (Å²) >= 11 is 0. The number of fused-ring (bicyclic) bond motifs is 3. The fourth-order valence-corrected chi connectivity index (χ4v) is 4.80. The predicted octanol–water partition coefficient (Wildman–Crippen LogP) is 4.44. The van der Waals surface area contributed by atoms with Gasteiger partial charge in [-0.3, -0.25) is 14.5 Å². The molecule has 6 heteroatoms. The topological polar surface area (TPSA) is 71.6 Å². The second-order valence-corrected chi connectivity index (χ2v) is 8.60. The number of carbonyl (C=O) groups is 2. The van der Waals surface area contributed by atoms with Crippen LogP contribution in [0.4, 0.5) is 0 Å². The van der Waals surface area contributed by atoms with E-state index in [1.54, 1.807) is 0 Å². The molecule has 3 atom stereocenters. The average molecular weight is 450 g/mol. The van der Waals surface area contributed by atoms with Gasteiger partial charge in [-0.15, -0.1) is 0 Å². The van der Waals surface area contributed by atoms with Crippen LogP contribution in [0.2, 0.25) is 0 Å². The van der Waals surface area contributed by atoms with Crippen molar-refractivity contribution in [1.82, 2.24) is 9.88 Å². The lowest BCUT2D eigenvalue weighted by molar-refractivity contribution is -0.143. The highest BCUT2D eigenvalue weighted by Gasteiger charge is 2.32. The van der Waals surface area contributed by atoms with Gasteiger partial charge < -0.3 is 14.5 Å². The molecule has 1 aliphatic rings. The third kappa shape index (κ3) is 5.45. The van der Waals surface area contributed by atoms with Crippen molar-refractivity contribution in [2.24, 2.45) is 5.92 Å². The van der Waals surface area contributed by atoms with E-state index in [9.17, 15) is 11.0 Å². The van der Waals surface area contributed by atoms with Crippen molar-refractivity contribution in [3.05, 3.63) is 71.4 Å². The van der Waals surface area contributed by atoms with Gasteiger partial charge in [0.1, 0.15) is 0 Å². The lowest BCUT2D eigenvalue weighted by Crippen LogP contribution is -2.32. The summed E-state index contributed by atoms with van der Waals surface area (Å²) in [5.74, 6) is -1.37. The molecule has 1 unspecified atom stereocenters. The average Bonchev–Trinajstić information content (AvgIpc) is 3.25. The Bertz CT molecular complexity index is 1130. The molecule has 174 valence electrons. The van der Waals surface area contributed by atoms with Crippen molar-refractivity contribution in [2.45, 2.75) is 38.1 Å². The number of para-hydroxylation sites is 1. The van der Waals surface area contributed by atoms with E-state index in [-0.39, 0.29) is 24.3 Å². The molecule has 0 amide bonds. The minimum Gasteiger partial charge on any atom is -0.469 e. The normalized spacial score (nSPS) is 21.9. The molecule has 2 aromatic carbocycles. The number of rotatable bonds is 6. The number of nitrogens with one attached hydrogen (secondary N) is 1. The summed E-state index contributed by atoms with van der Waals surface area (Å²) in [6.07, 6.45) is 1.81. The van der Waals surface area contributed by atoms with Crippen molar-refractivity contribution >= 4 is 22.8 Å². The summed E-state index contributed by atoms with van der Waals surface area (Å²) in [6, 6.07) is 18.2. The number of aromatic nitrogens is 1. The third-order valence-electron chi connectivity index (χ3n) is 6.47. The van der Waals surface area contributed by atoms with Crippen LogP contribution in [0, 0.1) is 5.92 Å². The van der Waals surface area contributed by atoms with E-state index in [0.29, 0.717) is 32.4 Å². The fourth-order valence-electron chi connectivity index (χ4n) is 4.80. The standard InChI is InChI=1S/C27H32N2O4/c1-32-25(30)13-12-20-16-23(27(31)33-2)26-22(21-10-6-7-11-24(21)28-26)14-15-29(18-20)17-19-8-4-3-5-9-19/h3-11,20,23,28H,12-18H2,1-2H3/t20-,23+/m1/s1/i18D/t18?,20-,23+. The van der Waals surface area contributed by atoms with E-state index < -0.39 is 12.4 Å². The molecular weight excluding hydrogens is 416 g/mol. The van der Waals surface area contributed by atoms with Gasteiger partial charge >= 0.3 is 11.9 Å². The lowest BCUT2D eigenvalue weighted by Gasteiger charge is -2.28. The van der Waals surface area contributed by atoms with Crippen LogP contribution in [0.5, 0.6) is 0 Å². The number of carbonyl (C=O) groups excluding carboxylic acids is 2. The highest BCUT2D eigenvalue weighted by molar-refractivity contribution is 5.88. The molecule has 0 radical (unpaired) electrons. The Balaban J connectivity index is 1.75. The number of benzene rings is 2. The first-order valence-electron chi connectivity index (χ1n) is 12.0. The van der Waals surface area contributed by atoms with E-state index >= 15 is 0 Å². The smallest absolute Gasteiger partial charge is 0.314 e. The van der Waals surface area contributed by atoms with Crippen LogP contribution in [0.3, 0.4) is 0 Å². The summed E-state index contributed by atoms with van der Waals surface area (Å²) in [4.78, 5) is 30.6. The number of H-pyrrole nitrogens is 1. The Labute approximate surface area is 196 Å². The van der Waals surface area contributed by atoms with E-state index in [4.69, 9.17) is 9.47 Å². The molecule has 0 spiro atoms. The molecule has 0 saturated heterocycles. The highest BCUT2D eigenvalue weighted by atomic mass is 16.5. The summed E-state index contributed by atoms with van der Waals surface area (Å²) < 4.78 is 19.3. The maximum Gasteiger partial charge on any atom is 0.314 e. The molecule has 4 rings (SSSR count). The van der Waals surface area contributed by atoms with Crippen LogP contribution in [0.1, 0.15) is 43.4 Å². The zero-order valence-corrected chi connectivity index (χ0v) is 19.3. The Morgan fingerprint density at radius 3 is 2.61 bits per heavy atom. The van der Waals surface area contributed by atoms with Gasteiger partial charge in [0, 0.05) is 44.0 Å². The summed E-state index contributed by atoms with van der Waals surface area (Å²) in [5.41, 5.74) is 4.09. The fraction of sp³-hybridized carbons (Fsp3) is 0.407. The van der Waals surface area contributed by atoms with Crippen molar-refractivity contribution in [1.29, 1.82) is 0 Å². The van der Waals surface area contributed by atoms with Crippen LogP contribution in [0.25, 0.3) is 10.9 Å². The van der Waals surface area contributed by atoms with E-state index in [1.165, 1.54) is 14.2 Å². The van der Waals surface area contributed by atoms with Gasteiger partial charge in [0.25, 0.3) is 0 Å². The molecule has 6 nitrogen and oxygen atoms in total. The van der Waals surface area contributed by atoms with E-state index in [1.807, 2.05) is 36.4 Å². The Morgan fingerprint density at radius 2 is 1.85 bits per heavy atom. The van der Waals surface area contributed by atoms with Gasteiger partial charge in [-0.2, -0.15) is 0 Å². The molecule has 1 N–H and O–H groups in total. The maximum atomic E-state index is 13.0. The summed E-state index contributed by atoms with van der Waals surface area (Å²) in [7, 11) is 2.78. The first-order valence-corrected chi connectivity index (χ1v) is 11.5. The second-order valence-electron chi connectivity index (χ2n) is 8.60. The molecule has 2 heterocycles. The van der Waals surface area contributed by atoms with Crippen LogP contribution < -0.4 is 0 Å². The maximum absolute atomic E-state index is 13.0. The Hall–Kier alpha value is -3.12. The molecule has 0 saturated carbocycles. The van der Waals surface area contributed by atoms with Gasteiger partial charge in [-0.1, -0.05) is 48.5 Å². The number of esters is 2. The summed E-state index contributed by atoms with van der Waals surface area (Å²) in [6.45, 7) is 0.720. The second kappa shape index (κ2) is 10.7. The molecule has 1 aliphatic heterocycles. The Kier molecular flexibility index (Phi) is 7.02. The zero-order chi connectivity index (χ0) is 24.1. The Morgan fingerprint density at radius 1 is 1.09 bits per heavy atom. The number of aromatic amines is 1. The minimum absolute atomic E-state index is 0.211. The predicted molar refractivity (Wildman–Crippen MR) is 128 cm³/mol. The van der Waals surface area contributed by atoms with Crippen molar-refractivity contribution < 1.29 is 20.4 Å². The minimum atomic E-state index is -0.577. The molecule has 33 heavy (non-hydrogen) atoms. The zero-order valence-electron chi connectivity index (χ0n) is 20.3. The number of nitrogens with zero attached hydrogens (tertiary/aromatic N) is 1. The molecular formula is C27H32N2O4. The third-order valence-corrected chi connectivity index (χ3v) is 6.47. The van der Waals surface area contributed by atoms with Crippen LogP contribution in [-0.4, -0.2) is 49.1 Å². The summed E-state index contributed by atoms with van der Waals surface area (Å²) in [5, 5.41) is 1.10. The molecule has 1 aromatic heterocycles. The highest BCUT2D eigenvalue weighted by Crippen LogP contribution is 2.35. The van der Waals surface area contributed by atoms with Crippen molar-refractivity contribution in [3.63, 3.8) is 0 Å². The van der Waals surface area contributed by atoms with Gasteiger partial charge in [-0.05, 0) is 42.4 Å². The van der Waals surface area contributed by atoms with E-state index in [2.05, 4.69) is 28.1 Å². The van der Waals surface area contributed by atoms with Gasteiger partial charge in [0.2, 0.25) is 0 Å². The first-order chi connectivity index (χ1) is 16.5. The molecule has 0 aliphatic carbocycles. The number of hydrogen-bond donors (Lipinski definition) is 1. The van der Waals surface area contributed by atoms with Crippen LogP contribution >= 0.6 is 0 Å². The van der Waals surface area contributed by atoms with Crippen LogP contribution in [-0.2, 0) is 32.0 Å². The number of methoxy groups -OCH3 is 2. The van der Waals surface area contributed by atoms with Crippen LogP contribution in [0.15, 0.2) is 54.6 Å². The van der Waals surface area contributed by atoms with Gasteiger partial charge in [0.15, 0.2) is 0 Å². The van der Waals surface area contributed by atoms with Crippen molar-refractivity contribution in [3.8, 4) is 0 Å². The number of ether oxygens (including phenoxy) is 2. The quantitative estimate of drug-likeness (QED) is 0.563. The molecule has 3 aromatic rings. The van der Waals surface area contributed by atoms with Gasteiger partial charge in [-0.25, -0.2) is 0 Å². The first kappa shape index (κ1) is 21.7. The molecule has 0 fully saturated rings. The lowest BCUT2D eigenvalue weighted by atomic mass is 9.87. The SMILES string of the molecule is [2H]C1[C@H](CCC(=O)OC)C[C@H](C(=O)OC)c2[nH]c3ccccc3c2CCN1Cc1ccccc1. The van der Waals surface area contributed by atoms with Crippen molar-refractivity contribution in [2.75, 3.05) is 27.3 Å². The largest absolute Gasteiger partial charge is 0.469 e. The van der Waals surface area contributed by atoms with Gasteiger partial charge in [0.05, 0.1) is 20.1 Å².